The zero-order valence-electron chi connectivity index (χ0n) is 14.4. The van der Waals surface area contributed by atoms with Crippen molar-refractivity contribution in [3.8, 4) is 17.1 Å². The van der Waals surface area contributed by atoms with Gasteiger partial charge in [-0.25, -0.2) is 9.78 Å². The van der Waals surface area contributed by atoms with Gasteiger partial charge in [-0.1, -0.05) is 36.0 Å². The van der Waals surface area contributed by atoms with Crippen molar-refractivity contribution in [3.63, 3.8) is 0 Å². The Hall–Kier alpha value is -2.12. The van der Waals surface area contributed by atoms with Crippen LogP contribution in [0.25, 0.3) is 11.3 Å². The molecule has 1 aromatic heterocycles. The molecule has 3 rings (SSSR count). The molecule has 1 aromatic carbocycles. The van der Waals surface area contributed by atoms with E-state index in [4.69, 9.17) is 14.2 Å². The quantitative estimate of drug-likeness (QED) is 0.427. The van der Waals surface area contributed by atoms with Gasteiger partial charge in [0.2, 0.25) is 11.5 Å². The van der Waals surface area contributed by atoms with Gasteiger partial charge >= 0.3 is 5.97 Å². The number of hydrogen-bond acceptors (Lipinski definition) is 7. The molecule has 0 spiro atoms. The Balaban J connectivity index is 1.88. The Morgan fingerprint density at radius 2 is 1.92 bits per heavy atom. The maximum absolute atomic E-state index is 11.9. The van der Waals surface area contributed by atoms with E-state index in [1.54, 1.807) is 13.2 Å². The number of ether oxygens (including phenoxy) is 3. The Bertz CT molecular complexity index is 760. The van der Waals surface area contributed by atoms with Crippen LogP contribution in [0.3, 0.4) is 0 Å². The Kier molecular flexibility index (Phi) is 5.24. The molecule has 1 aliphatic rings. The van der Waals surface area contributed by atoms with Crippen LogP contribution in [0.2, 0.25) is 0 Å². The molecular formula is C18H20N2O4S. The average Bonchev–Trinajstić information content (AvgIpc) is 3.42. The van der Waals surface area contributed by atoms with E-state index in [2.05, 4.69) is 9.97 Å². The van der Waals surface area contributed by atoms with Crippen LogP contribution in [0.15, 0.2) is 35.5 Å². The highest BCUT2D eigenvalue weighted by Gasteiger charge is 2.54. The van der Waals surface area contributed by atoms with Crippen LogP contribution in [0.1, 0.15) is 18.4 Å². The average molecular weight is 360 g/mol. The van der Waals surface area contributed by atoms with Crippen molar-refractivity contribution in [2.45, 2.75) is 30.2 Å². The summed E-state index contributed by atoms with van der Waals surface area (Å²) in [5.41, 5.74) is 1.90. The molecule has 0 unspecified atom stereocenters. The van der Waals surface area contributed by atoms with E-state index >= 15 is 0 Å². The second kappa shape index (κ2) is 7.41. The van der Waals surface area contributed by atoms with Crippen molar-refractivity contribution in [1.82, 2.24) is 9.97 Å². The molecule has 1 fully saturated rings. The van der Waals surface area contributed by atoms with Crippen LogP contribution in [0.5, 0.6) is 5.88 Å². The second-order valence-corrected chi connectivity index (χ2v) is 6.57. The van der Waals surface area contributed by atoms with Crippen molar-refractivity contribution in [2.75, 3.05) is 20.5 Å². The monoisotopic (exact) mass is 360 g/mol. The van der Waals surface area contributed by atoms with Gasteiger partial charge in [0.05, 0.1) is 19.4 Å². The minimum Gasteiger partial charge on any atom is -0.466 e. The number of aromatic nitrogens is 2. The van der Waals surface area contributed by atoms with E-state index in [0.717, 1.165) is 16.8 Å². The first-order valence-electron chi connectivity index (χ1n) is 7.89. The third-order valence-corrected chi connectivity index (χ3v) is 4.53. The first kappa shape index (κ1) is 17.7. The van der Waals surface area contributed by atoms with Gasteiger partial charge in [0.25, 0.3) is 0 Å². The molecule has 0 radical (unpaired) electrons. The van der Waals surface area contributed by atoms with E-state index in [0.29, 0.717) is 30.5 Å². The normalized spacial score (nSPS) is 14.8. The topological polar surface area (TPSA) is 70.5 Å². The standard InChI is InChI=1S/C18H20N2O4S/c1-22-11-12-4-6-13(7-5-12)14-10-15(20-17(19-14)25-3)24-18(8-9-18)16(21)23-2/h4-7,10H,8-9,11H2,1-3H3. The molecule has 0 aliphatic heterocycles. The minimum atomic E-state index is -0.891. The van der Waals surface area contributed by atoms with E-state index in [1.807, 2.05) is 30.5 Å². The summed E-state index contributed by atoms with van der Waals surface area (Å²) >= 11 is 1.43. The number of thioether (sulfide) groups is 1. The van der Waals surface area contributed by atoms with Gasteiger partial charge in [-0.3, -0.25) is 0 Å². The SMILES string of the molecule is COCc1ccc(-c2cc(OC3(C(=O)OC)CC3)nc(SC)n2)cc1. The van der Waals surface area contributed by atoms with Crippen LogP contribution in [-0.4, -0.2) is 42.0 Å². The molecule has 0 saturated heterocycles. The number of rotatable bonds is 7. The second-order valence-electron chi connectivity index (χ2n) is 5.80. The van der Waals surface area contributed by atoms with Gasteiger partial charge in [-0.2, -0.15) is 4.98 Å². The summed E-state index contributed by atoms with van der Waals surface area (Å²) in [6.45, 7) is 0.566. The molecular weight excluding hydrogens is 340 g/mol. The van der Waals surface area contributed by atoms with E-state index in [-0.39, 0.29) is 5.97 Å². The summed E-state index contributed by atoms with van der Waals surface area (Å²) in [6, 6.07) is 9.72. The largest absolute Gasteiger partial charge is 0.466 e. The number of esters is 1. The zero-order chi connectivity index (χ0) is 17.9. The van der Waals surface area contributed by atoms with Crippen LogP contribution in [0, 0.1) is 0 Å². The number of methoxy groups -OCH3 is 2. The summed E-state index contributed by atoms with van der Waals surface area (Å²) in [7, 11) is 3.04. The van der Waals surface area contributed by atoms with E-state index in [1.165, 1.54) is 18.9 Å². The molecule has 1 heterocycles. The highest BCUT2D eigenvalue weighted by atomic mass is 32.2. The summed E-state index contributed by atoms with van der Waals surface area (Å²) in [5.74, 6) is 0.0282. The molecule has 0 bridgehead atoms. The lowest BCUT2D eigenvalue weighted by Gasteiger charge is -2.15. The number of benzene rings is 1. The predicted molar refractivity (Wildman–Crippen MR) is 94.6 cm³/mol. The first-order chi connectivity index (χ1) is 12.1. The lowest BCUT2D eigenvalue weighted by molar-refractivity contribution is -0.151. The fraction of sp³-hybridized carbons (Fsp3) is 0.389. The van der Waals surface area contributed by atoms with Crippen LogP contribution in [0.4, 0.5) is 0 Å². The van der Waals surface area contributed by atoms with Crippen molar-refractivity contribution in [2.24, 2.45) is 0 Å². The van der Waals surface area contributed by atoms with E-state index < -0.39 is 5.60 Å². The Morgan fingerprint density at radius 1 is 1.20 bits per heavy atom. The number of carbonyl (C=O) groups excluding carboxylic acids is 1. The highest BCUT2D eigenvalue weighted by Crippen LogP contribution is 2.41. The smallest absolute Gasteiger partial charge is 0.350 e. The van der Waals surface area contributed by atoms with Gasteiger partial charge in [0, 0.05) is 31.6 Å². The van der Waals surface area contributed by atoms with Crippen molar-refractivity contribution < 1.29 is 19.0 Å². The van der Waals surface area contributed by atoms with Gasteiger partial charge in [0.15, 0.2) is 5.16 Å². The highest BCUT2D eigenvalue weighted by molar-refractivity contribution is 7.98. The van der Waals surface area contributed by atoms with E-state index in [9.17, 15) is 4.79 Å². The minimum absolute atomic E-state index is 0.359. The maximum Gasteiger partial charge on any atom is 0.350 e. The molecule has 0 N–H and O–H groups in total. The summed E-state index contributed by atoms with van der Waals surface area (Å²) in [6.07, 6.45) is 3.18. The first-order valence-corrected chi connectivity index (χ1v) is 9.11. The molecule has 0 atom stereocenters. The lowest BCUT2D eigenvalue weighted by atomic mass is 10.1. The van der Waals surface area contributed by atoms with Crippen molar-refractivity contribution >= 4 is 17.7 Å². The molecule has 25 heavy (non-hydrogen) atoms. The lowest BCUT2D eigenvalue weighted by Crippen LogP contribution is -2.31. The number of hydrogen-bond donors (Lipinski definition) is 0. The molecule has 2 aromatic rings. The molecule has 7 heteroatoms. The van der Waals surface area contributed by atoms with Crippen molar-refractivity contribution in [3.05, 3.63) is 35.9 Å². The predicted octanol–water partition coefficient (Wildman–Crippen LogP) is 3.10. The number of nitrogens with zero attached hydrogens (tertiary/aromatic N) is 2. The van der Waals surface area contributed by atoms with Gasteiger partial charge in [-0.15, -0.1) is 0 Å². The van der Waals surface area contributed by atoms with Crippen LogP contribution < -0.4 is 4.74 Å². The molecule has 6 nitrogen and oxygen atoms in total. The fourth-order valence-corrected chi connectivity index (χ4v) is 2.85. The van der Waals surface area contributed by atoms with Crippen LogP contribution in [-0.2, 0) is 20.9 Å². The third-order valence-electron chi connectivity index (χ3n) is 3.99. The Morgan fingerprint density at radius 3 is 2.48 bits per heavy atom. The van der Waals surface area contributed by atoms with Crippen LogP contribution >= 0.6 is 11.8 Å². The molecule has 0 amide bonds. The zero-order valence-corrected chi connectivity index (χ0v) is 15.3. The van der Waals surface area contributed by atoms with Gasteiger partial charge in [0.1, 0.15) is 0 Å². The fourth-order valence-electron chi connectivity index (χ4n) is 2.48. The summed E-state index contributed by atoms with van der Waals surface area (Å²) in [5, 5.41) is 0.592. The summed E-state index contributed by atoms with van der Waals surface area (Å²) < 4.78 is 15.8. The maximum atomic E-state index is 11.9. The summed E-state index contributed by atoms with van der Waals surface area (Å²) in [4.78, 5) is 20.8. The third kappa shape index (κ3) is 3.93. The van der Waals surface area contributed by atoms with Crippen molar-refractivity contribution in [1.29, 1.82) is 0 Å². The van der Waals surface area contributed by atoms with Gasteiger partial charge in [-0.05, 0) is 11.8 Å². The molecule has 1 saturated carbocycles. The Labute approximate surface area is 150 Å². The van der Waals surface area contributed by atoms with Gasteiger partial charge < -0.3 is 14.2 Å². The molecule has 1 aliphatic carbocycles. The number of carbonyl (C=O) groups is 1. The molecule has 132 valence electrons.